The van der Waals surface area contributed by atoms with Crippen LogP contribution in [0.3, 0.4) is 0 Å². The van der Waals surface area contributed by atoms with Crippen molar-refractivity contribution in [3.05, 3.63) is 29.8 Å². The summed E-state index contributed by atoms with van der Waals surface area (Å²) in [5.74, 6) is 0. The van der Waals surface area contributed by atoms with Crippen molar-refractivity contribution < 1.29 is 4.79 Å². The maximum Gasteiger partial charge on any atom is 0.319 e. The summed E-state index contributed by atoms with van der Waals surface area (Å²) in [4.78, 5) is 11.5. The number of urea groups is 1. The Balaban J connectivity index is 2.55. The van der Waals surface area contributed by atoms with Gasteiger partial charge in [-0.3, -0.25) is 0 Å². The van der Waals surface area contributed by atoms with Crippen LogP contribution in [-0.4, -0.2) is 11.6 Å². The maximum absolute atomic E-state index is 11.5. The molecule has 0 saturated heterocycles. The summed E-state index contributed by atoms with van der Waals surface area (Å²) in [5, 5.41) is 5.61. The van der Waals surface area contributed by atoms with Crippen LogP contribution in [0.25, 0.3) is 0 Å². The van der Waals surface area contributed by atoms with Gasteiger partial charge in [-0.15, -0.1) is 0 Å². The molecular formula is C12H18N2O. The third-order valence-corrected chi connectivity index (χ3v) is 1.80. The lowest BCUT2D eigenvalue weighted by Gasteiger charge is -2.20. The number of aryl methyl sites for hydroxylation is 1. The normalized spacial score (nSPS) is 10.9. The molecule has 1 rings (SSSR count). The minimum Gasteiger partial charge on any atom is -0.333 e. The lowest BCUT2D eigenvalue weighted by Crippen LogP contribution is -2.43. The van der Waals surface area contributed by atoms with Crippen LogP contribution in [0.1, 0.15) is 26.3 Å². The van der Waals surface area contributed by atoms with E-state index in [0.29, 0.717) is 0 Å². The van der Waals surface area contributed by atoms with Gasteiger partial charge in [0, 0.05) is 11.2 Å². The fraction of sp³-hybridized carbons (Fsp3) is 0.417. The zero-order valence-corrected chi connectivity index (χ0v) is 9.72. The second-order valence-corrected chi connectivity index (χ2v) is 4.70. The highest BCUT2D eigenvalue weighted by Gasteiger charge is 2.13. The summed E-state index contributed by atoms with van der Waals surface area (Å²) in [5.41, 5.74) is 1.77. The Bertz CT molecular complexity index is 336. The first kappa shape index (κ1) is 11.6. The Hall–Kier alpha value is -1.51. The van der Waals surface area contributed by atoms with Gasteiger partial charge in [-0.05, 0) is 39.8 Å². The lowest BCUT2D eigenvalue weighted by atomic mass is 10.1. The molecule has 0 spiro atoms. The molecule has 0 bridgehead atoms. The van der Waals surface area contributed by atoms with Crippen LogP contribution >= 0.6 is 0 Å². The Morgan fingerprint density at radius 2 is 1.67 bits per heavy atom. The molecule has 1 aromatic carbocycles. The van der Waals surface area contributed by atoms with Crippen molar-refractivity contribution in [3.8, 4) is 0 Å². The highest BCUT2D eigenvalue weighted by atomic mass is 16.2. The quantitative estimate of drug-likeness (QED) is 0.728. The first-order valence-corrected chi connectivity index (χ1v) is 5.03. The molecule has 1 aromatic rings. The molecule has 3 nitrogen and oxygen atoms in total. The van der Waals surface area contributed by atoms with Gasteiger partial charge in [0.25, 0.3) is 0 Å². The fourth-order valence-electron chi connectivity index (χ4n) is 1.14. The molecule has 0 aliphatic carbocycles. The molecule has 0 aromatic heterocycles. The zero-order chi connectivity index (χ0) is 11.5. The maximum atomic E-state index is 11.5. The molecule has 0 heterocycles. The average molecular weight is 206 g/mol. The van der Waals surface area contributed by atoms with Gasteiger partial charge in [0.15, 0.2) is 0 Å². The second-order valence-electron chi connectivity index (χ2n) is 4.70. The Labute approximate surface area is 90.9 Å². The first-order chi connectivity index (χ1) is 6.87. The topological polar surface area (TPSA) is 41.1 Å². The molecule has 0 aliphatic heterocycles. The largest absolute Gasteiger partial charge is 0.333 e. The van der Waals surface area contributed by atoms with E-state index < -0.39 is 0 Å². The van der Waals surface area contributed by atoms with E-state index in [1.165, 1.54) is 5.56 Å². The minimum absolute atomic E-state index is 0.175. The molecule has 3 heteroatoms. The number of nitrogens with one attached hydrogen (secondary N) is 2. The Kier molecular flexibility index (Phi) is 3.35. The van der Waals surface area contributed by atoms with E-state index in [2.05, 4.69) is 10.6 Å². The van der Waals surface area contributed by atoms with Gasteiger partial charge in [0.05, 0.1) is 0 Å². The Morgan fingerprint density at radius 3 is 2.13 bits per heavy atom. The number of benzene rings is 1. The molecule has 15 heavy (non-hydrogen) atoms. The summed E-state index contributed by atoms with van der Waals surface area (Å²) in [7, 11) is 0. The summed E-state index contributed by atoms with van der Waals surface area (Å²) in [6, 6.07) is 7.53. The number of hydrogen-bond acceptors (Lipinski definition) is 1. The molecule has 0 radical (unpaired) electrons. The Morgan fingerprint density at radius 1 is 1.13 bits per heavy atom. The SMILES string of the molecule is Cc1ccc(NC(=O)NC(C)(C)C)cc1. The lowest BCUT2D eigenvalue weighted by molar-refractivity contribution is 0.244. The van der Waals surface area contributed by atoms with Crippen molar-refractivity contribution >= 4 is 11.7 Å². The van der Waals surface area contributed by atoms with Gasteiger partial charge in [-0.2, -0.15) is 0 Å². The van der Waals surface area contributed by atoms with Gasteiger partial charge < -0.3 is 10.6 Å². The van der Waals surface area contributed by atoms with E-state index in [4.69, 9.17) is 0 Å². The number of carbonyl (C=O) groups is 1. The van der Waals surface area contributed by atoms with E-state index in [-0.39, 0.29) is 11.6 Å². The van der Waals surface area contributed by atoms with Crippen LogP contribution in [0.4, 0.5) is 10.5 Å². The summed E-state index contributed by atoms with van der Waals surface area (Å²) < 4.78 is 0. The van der Waals surface area contributed by atoms with Crippen LogP contribution in [0.15, 0.2) is 24.3 Å². The van der Waals surface area contributed by atoms with E-state index in [9.17, 15) is 4.79 Å². The molecule has 0 fully saturated rings. The number of rotatable bonds is 1. The first-order valence-electron chi connectivity index (χ1n) is 5.03. The monoisotopic (exact) mass is 206 g/mol. The molecule has 82 valence electrons. The number of anilines is 1. The molecule has 2 amide bonds. The molecule has 0 saturated carbocycles. The zero-order valence-electron chi connectivity index (χ0n) is 9.72. The number of amides is 2. The average Bonchev–Trinajstić information content (AvgIpc) is 2.05. The molecule has 2 N–H and O–H groups in total. The highest BCUT2D eigenvalue weighted by Crippen LogP contribution is 2.08. The van der Waals surface area contributed by atoms with Crippen molar-refractivity contribution in [1.29, 1.82) is 0 Å². The molecule has 0 unspecified atom stereocenters. The molecular weight excluding hydrogens is 188 g/mol. The van der Waals surface area contributed by atoms with E-state index in [0.717, 1.165) is 5.69 Å². The fourth-order valence-corrected chi connectivity index (χ4v) is 1.14. The third kappa shape index (κ3) is 4.49. The second kappa shape index (κ2) is 4.34. The predicted octanol–water partition coefficient (Wildman–Crippen LogP) is 2.92. The van der Waals surface area contributed by atoms with Crippen molar-refractivity contribution in [2.75, 3.05) is 5.32 Å². The van der Waals surface area contributed by atoms with Crippen LogP contribution in [0.5, 0.6) is 0 Å². The minimum atomic E-state index is -0.214. The van der Waals surface area contributed by atoms with Gasteiger partial charge in [-0.1, -0.05) is 17.7 Å². The van der Waals surface area contributed by atoms with Crippen molar-refractivity contribution in [3.63, 3.8) is 0 Å². The van der Waals surface area contributed by atoms with E-state index in [1.54, 1.807) is 0 Å². The van der Waals surface area contributed by atoms with E-state index >= 15 is 0 Å². The van der Waals surface area contributed by atoms with E-state index in [1.807, 2.05) is 52.0 Å². The van der Waals surface area contributed by atoms with Crippen LogP contribution < -0.4 is 10.6 Å². The van der Waals surface area contributed by atoms with Gasteiger partial charge in [-0.25, -0.2) is 4.79 Å². The van der Waals surface area contributed by atoms with Gasteiger partial charge >= 0.3 is 6.03 Å². The van der Waals surface area contributed by atoms with Crippen molar-refractivity contribution in [2.45, 2.75) is 33.2 Å². The summed E-state index contributed by atoms with van der Waals surface area (Å²) >= 11 is 0. The number of carbonyl (C=O) groups excluding carboxylic acids is 1. The highest BCUT2D eigenvalue weighted by molar-refractivity contribution is 5.89. The van der Waals surface area contributed by atoms with Gasteiger partial charge in [0.1, 0.15) is 0 Å². The van der Waals surface area contributed by atoms with Crippen LogP contribution in [0.2, 0.25) is 0 Å². The predicted molar refractivity (Wildman–Crippen MR) is 63.1 cm³/mol. The molecule has 0 atom stereocenters. The van der Waals surface area contributed by atoms with Crippen molar-refractivity contribution in [2.24, 2.45) is 0 Å². The third-order valence-electron chi connectivity index (χ3n) is 1.80. The van der Waals surface area contributed by atoms with Crippen LogP contribution in [0, 0.1) is 6.92 Å². The summed E-state index contributed by atoms with van der Waals surface area (Å²) in [6.07, 6.45) is 0. The smallest absolute Gasteiger partial charge is 0.319 e. The van der Waals surface area contributed by atoms with Gasteiger partial charge in [0.2, 0.25) is 0 Å². The van der Waals surface area contributed by atoms with Crippen LogP contribution in [-0.2, 0) is 0 Å². The standard InChI is InChI=1S/C12H18N2O/c1-9-5-7-10(8-6-9)13-11(15)14-12(2,3)4/h5-8H,1-4H3,(H2,13,14,15). The van der Waals surface area contributed by atoms with Crippen molar-refractivity contribution in [1.82, 2.24) is 5.32 Å². The number of hydrogen-bond donors (Lipinski definition) is 2. The molecule has 0 aliphatic rings. The summed E-state index contributed by atoms with van der Waals surface area (Å²) in [6.45, 7) is 7.85.